The quantitative estimate of drug-likeness (QED) is 0.780. The second-order valence-corrected chi connectivity index (χ2v) is 4.79. The molecule has 0 N–H and O–H groups in total. The summed E-state index contributed by atoms with van der Waals surface area (Å²) in [4.78, 5) is 22.5. The largest absolute Gasteiger partial charge is 0.423 e. The SMILES string of the molecule is CC(=O)[C@@H](C)Cc1ccc2oc(=O)cc(C)c2c1. The molecule has 0 radical (unpaired) electrons. The van der Waals surface area contributed by atoms with Gasteiger partial charge in [-0.2, -0.15) is 0 Å². The van der Waals surface area contributed by atoms with Gasteiger partial charge in [-0.3, -0.25) is 4.79 Å². The van der Waals surface area contributed by atoms with E-state index in [9.17, 15) is 9.59 Å². The van der Waals surface area contributed by atoms with Crippen LogP contribution >= 0.6 is 0 Å². The number of benzene rings is 1. The lowest BCUT2D eigenvalue weighted by Crippen LogP contribution is -2.09. The zero-order valence-corrected chi connectivity index (χ0v) is 10.8. The normalized spacial score (nSPS) is 12.6. The molecule has 1 aromatic heterocycles. The predicted octanol–water partition coefficient (Wildman–Crippen LogP) is 2.87. The van der Waals surface area contributed by atoms with Gasteiger partial charge in [-0.25, -0.2) is 4.79 Å². The topological polar surface area (TPSA) is 47.3 Å². The number of hydrogen-bond donors (Lipinski definition) is 0. The van der Waals surface area contributed by atoms with Gasteiger partial charge in [0.1, 0.15) is 11.4 Å². The van der Waals surface area contributed by atoms with Crippen LogP contribution in [0, 0.1) is 12.8 Å². The molecule has 0 fully saturated rings. The first-order chi connectivity index (χ1) is 8.47. The molecule has 1 atom stereocenters. The zero-order valence-electron chi connectivity index (χ0n) is 10.8. The Morgan fingerprint density at radius 1 is 1.33 bits per heavy atom. The van der Waals surface area contributed by atoms with E-state index >= 15 is 0 Å². The summed E-state index contributed by atoms with van der Waals surface area (Å²) in [5, 5.41) is 0.933. The minimum absolute atomic E-state index is 0.0125. The van der Waals surface area contributed by atoms with Crippen LogP contribution in [0.25, 0.3) is 11.0 Å². The third kappa shape index (κ3) is 2.50. The highest BCUT2D eigenvalue weighted by Gasteiger charge is 2.10. The molecule has 18 heavy (non-hydrogen) atoms. The van der Waals surface area contributed by atoms with E-state index in [0.717, 1.165) is 16.5 Å². The second kappa shape index (κ2) is 4.77. The van der Waals surface area contributed by atoms with E-state index in [2.05, 4.69) is 0 Å². The molecule has 0 unspecified atom stereocenters. The van der Waals surface area contributed by atoms with Gasteiger partial charge in [0.2, 0.25) is 0 Å². The van der Waals surface area contributed by atoms with Crippen LogP contribution in [-0.4, -0.2) is 5.78 Å². The molecule has 1 aromatic carbocycles. The highest BCUT2D eigenvalue weighted by molar-refractivity contribution is 5.81. The van der Waals surface area contributed by atoms with Gasteiger partial charge >= 0.3 is 5.63 Å². The van der Waals surface area contributed by atoms with Crippen LogP contribution in [0.3, 0.4) is 0 Å². The van der Waals surface area contributed by atoms with Crippen molar-refractivity contribution in [1.82, 2.24) is 0 Å². The number of carbonyl (C=O) groups is 1. The summed E-state index contributed by atoms with van der Waals surface area (Å²) in [6, 6.07) is 7.18. The van der Waals surface area contributed by atoms with Gasteiger partial charge in [0.05, 0.1) is 0 Å². The third-order valence-electron chi connectivity index (χ3n) is 3.25. The molecule has 0 amide bonds. The van der Waals surface area contributed by atoms with Crippen LogP contribution in [0.2, 0.25) is 0 Å². The van der Waals surface area contributed by atoms with Crippen LogP contribution in [0.5, 0.6) is 0 Å². The van der Waals surface area contributed by atoms with Crippen molar-refractivity contribution in [2.24, 2.45) is 5.92 Å². The molecule has 2 rings (SSSR count). The Labute approximate surface area is 105 Å². The smallest absolute Gasteiger partial charge is 0.336 e. The van der Waals surface area contributed by atoms with E-state index in [1.165, 1.54) is 6.07 Å². The molecule has 0 bridgehead atoms. The minimum Gasteiger partial charge on any atom is -0.423 e. The average Bonchev–Trinajstić information content (AvgIpc) is 2.29. The molecule has 0 aliphatic carbocycles. The molecule has 3 nitrogen and oxygen atoms in total. The van der Waals surface area contributed by atoms with E-state index in [-0.39, 0.29) is 17.3 Å². The Balaban J connectivity index is 2.44. The van der Waals surface area contributed by atoms with Crippen molar-refractivity contribution in [3.8, 4) is 0 Å². The number of carbonyl (C=O) groups excluding carboxylic acids is 1. The number of aryl methyl sites for hydroxylation is 1. The lowest BCUT2D eigenvalue weighted by Gasteiger charge is -2.08. The molecule has 0 saturated heterocycles. The summed E-state index contributed by atoms with van der Waals surface area (Å²) in [6.45, 7) is 5.41. The van der Waals surface area contributed by atoms with Gasteiger partial charge in [-0.05, 0) is 43.5 Å². The molecular weight excluding hydrogens is 228 g/mol. The highest BCUT2D eigenvalue weighted by atomic mass is 16.4. The Morgan fingerprint density at radius 2 is 2.06 bits per heavy atom. The van der Waals surface area contributed by atoms with E-state index in [0.29, 0.717) is 12.0 Å². The Kier molecular flexibility index (Phi) is 3.32. The van der Waals surface area contributed by atoms with Crippen molar-refractivity contribution in [2.45, 2.75) is 27.2 Å². The number of ketones is 1. The maximum absolute atomic E-state index is 11.3. The lowest BCUT2D eigenvalue weighted by molar-refractivity contribution is -0.120. The predicted molar refractivity (Wildman–Crippen MR) is 70.8 cm³/mol. The Bertz CT molecular complexity index is 652. The van der Waals surface area contributed by atoms with Crippen LogP contribution in [0.15, 0.2) is 33.5 Å². The van der Waals surface area contributed by atoms with E-state index in [1.54, 1.807) is 13.0 Å². The fourth-order valence-electron chi connectivity index (χ4n) is 1.99. The molecule has 2 aromatic rings. The molecule has 0 aliphatic heterocycles. The number of rotatable bonds is 3. The van der Waals surface area contributed by atoms with Gasteiger partial charge in [0.15, 0.2) is 0 Å². The van der Waals surface area contributed by atoms with E-state index in [1.807, 2.05) is 26.0 Å². The van der Waals surface area contributed by atoms with Crippen molar-refractivity contribution in [1.29, 1.82) is 0 Å². The Hall–Kier alpha value is -1.90. The lowest BCUT2D eigenvalue weighted by atomic mass is 9.96. The molecule has 0 spiro atoms. The molecule has 94 valence electrons. The molecule has 0 aliphatic rings. The van der Waals surface area contributed by atoms with Crippen LogP contribution in [0.1, 0.15) is 25.0 Å². The average molecular weight is 244 g/mol. The summed E-state index contributed by atoms with van der Waals surface area (Å²) >= 11 is 0. The van der Waals surface area contributed by atoms with Crippen molar-refractivity contribution in [2.75, 3.05) is 0 Å². The fourth-order valence-corrected chi connectivity index (χ4v) is 1.99. The maximum Gasteiger partial charge on any atom is 0.336 e. The van der Waals surface area contributed by atoms with Crippen molar-refractivity contribution >= 4 is 16.8 Å². The first-order valence-electron chi connectivity index (χ1n) is 6.01. The summed E-state index contributed by atoms with van der Waals surface area (Å²) in [6.07, 6.45) is 0.712. The van der Waals surface area contributed by atoms with Crippen LogP contribution in [-0.2, 0) is 11.2 Å². The number of hydrogen-bond acceptors (Lipinski definition) is 3. The summed E-state index contributed by atoms with van der Waals surface area (Å²) in [7, 11) is 0. The standard InChI is InChI=1S/C15H16O3/c1-9(11(3)16)6-12-4-5-14-13(8-12)10(2)7-15(17)18-14/h4-5,7-9H,6H2,1-3H3/t9-/m0/s1. The number of Topliss-reactive ketones (excluding diaryl/α,β-unsaturated/α-hetero) is 1. The van der Waals surface area contributed by atoms with E-state index < -0.39 is 0 Å². The molecule has 0 saturated carbocycles. The third-order valence-corrected chi connectivity index (χ3v) is 3.25. The summed E-state index contributed by atoms with van der Waals surface area (Å²) in [5.41, 5.74) is 2.25. The zero-order chi connectivity index (χ0) is 13.3. The van der Waals surface area contributed by atoms with E-state index in [4.69, 9.17) is 4.42 Å². The van der Waals surface area contributed by atoms with Crippen LogP contribution in [0.4, 0.5) is 0 Å². The van der Waals surface area contributed by atoms with Gasteiger partial charge in [0, 0.05) is 17.4 Å². The first kappa shape index (κ1) is 12.6. The van der Waals surface area contributed by atoms with Gasteiger partial charge in [0.25, 0.3) is 0 Å². The van der Waals surface area contributed by atoms with Gasteiger partial charge in [-0.1, -0.05) is 13.0 Å². The summed E-state index contributed by atoms with van der Waals surface area (Å²) < 4.78 is 5.13. The molecular formula is C15H16O3. The number of fused-ring (bicyclic) bond motifs is 1. The first-order valence-corrected chi connectivity index (χ1v) is 6.01. The van der Waals surface area contributed by atoms with Gasteiger partial charge < -0.3 is 4.42 Å². The fraction of sp³-hybridized carbons (Fsp3) is 0.333. The monoisotopic (exact) mass is 244 g/mol. The maximum atomic E-state index is 11.3. The minimum atomic E-state index is -0.329. The highest BCUT2D eigenvalue weighted by Crippen LogP contribution is 2.20. The van der Waals surface area contributed by atoms with Crippen molar-refractivity contribution in [3.63, 3.8) is 0 Å². The molecule has 1 heterocycles. The van der Waals surface area contributed by atoms with Crippen molar-refractivity contribution in [3.05, 3.63) is 45.8 Å². The van der Waals surface area contributed by atoms with Crippen LogP contribution < -0.4 is 5.63 Å². The second-order valence-electron chi connectivity index (χ2n) is 4.79. The summed E-state index contributed by atoms with van der Waals surface area (Å²) in [5.74, 6) is 0.199. The van der Waals surface area contributed by atoms with Gasteiger partial charge in [-0.15, -0.1) is 0 Å². The van der Waals surface area contributed by atoms with Crippen molar-refractivity contribution < 1.29 is 9.21 Å². The molecule has 3 heteroatoms. The Morgan fingerprint density at radius 3 is 2.72 bits per heavy atom.